The Morgan fingerprint density at radius 3 is 2.48 bits per heavy atom. The van der Waals surface area contributed by atoms with E-state index in [-0.39, 0.29) is 5.82 Å². The molecule has 1 unspecified atom stereocenters. The number of carboxylic acid groups (broad SMARTS) is 1. The number of aliphatic carboxylic acids is 1. The molecule has 6 nitrogen and oxygen atoms in total. The van der Waals surface area contributed by atoms with Crippen molar-refractivity contribution >= 4 is 11.6 Å². The van der Waals surface area contributed by atoms with Crippen LogP contribution in [0.2, 0.25) is 0 Å². The fraction of sp³-hybridized carbons (Fsp3) is 0.257. The molecule has 0 fully saturated rings. The van der Waals surface area contributed by atoms with Gasteiger partial charge in [0.25, 0.3) is 0 Å². The molecular formula is C35H33FN2O4. The lowest BCUT2D eigenvalue weighted by molar-refractivity contribution is -0.160. The van der Waals surface area contributed by atoms with Crippen molar-refractivity contribution in [3.63, 3.8) is 0 Å². The highest BCUT2D eigenvalue weighted by molar-refractivity contribution is 5.82. The van der Waals surface area contributed by atoms with Gasteiger partial charge in [0.15, 0.2) is 6.10 Å². The molecule has 1 atom stereocenters. The minimum Gasteiger partial charge on any atom is -0.493 e. The van der Waals surface area contributed by atoms with Crippen molar-refractivity contribution < 1.29 is 23.8 Å². The molecule has 0 spiro atoms. The molecule has 0 saturated heterocycles. The van der Waals surface area contributed by atoms with Gasteiger partial charge in [0.2, 0.25) is 0 Å². The molecule has 7 heteroatoms. The van der Waals surface area contributed by atoms with Crippen molar-refractivity contribution in [2.75, 3.05) is 6.61 Å². The van der Waals surface area contributed by atoms with Gasteiger partial charge in [0.1, 0.15) is 17.2 Å². The molecule has 1 aliphatic rings. The molecule has 3 heterocycles. The second-order valence-electron chi connectivity index (χ2n) is 11.8. The summed E-state index contributed by atoms with van der Waals surface area (Å²) >= 11 is 0. The maximum atomic E-state index is 13.5. The Morgan fingerprint density at radius 1 is 1.00 bits per heavy atom. The van der Waals surface area contributed by atoms with E-state index in [9.17, 15) is 14.3 Å². The zero-order valence-corrected chi connectivity index (χ0v) is 24.1. The predicted molar refractivity (Wildman–Crippen MR) is 161 cm³/mol. The fourth-order valence-corrected chi connectivity index (χ4v) is 5.62. The number of nitrogens with zero attached hydrogens (tertiary/aromatic N) is 2. The summed E-state index contributed by atoms with van der Waals surface area (Å²) in [5, 5.41) is 10.4. The van der Waals surface area contributed by atoms with Crippen LogP contribution in [0.3, 0.4) is 0 Å². The zero-order chi connectivity index (χ0) is 29.6. The SMILES string of the molecule is Cc1cc2nc(-c3cccc(-c4ccc(F)cc4)c3)cn2c(-c2ccc3c(c2)CCCO3)c1C(OC(C)(C)C)C(=O)O. The molecule has 0 radical (unpaired) electrons. The third-order valence-corrected chi connectivity index (χ3v) is 7.48. The smallest absolute Gasteiger partial charge is 0.337 e. The van der Waals surface area contributed by atoms with Gasteiger partial charge >= 0.3 is 5.97 Å². The third-order valence-electron chi connectivity index (χ3n) is 7.48. The van der Waals surface area contributed by atoms with Crippen LogP contribution in [-0.2, 0) is 16.0 Å². The Balaban J connectivity index is 1.56. The maximum absolute atomic E-state index is 13.5. The molecule has 0 amide bonds. The Labute approximate surface area is 244 Å². The molecule has 1 aliphatic heterocycles. The van der Waals surface area contributed by atoms with E-state index in [1.54, 1.807) is 12.1 Å². The van der Waals surface area contributed by atoms with Gasteiger partial charge in [0.05, 0.1) is 23.6 Å². The molecule has 214 valence electrons. The number of hydrogen-bond donors (Lipinski definition) is 1. The first kappa shape index (κ1) is 27.7. The first-order valence-corrected chi connectivity index (χ1v) is 14.1. The van der Waals surface area contributed by atoms with Gasteiger partial charge in [-0.15, -0.1) is 0 Å². The van der Waals surface area contributed by atoms with Gasteiger partial charge in [-0.25, -0.2) is 14.2 Å². The number of carbonyl (C=O) groups is 1. The average Bonchev–Trinajstić information content (AvgIpc) is 3.38. The Hall–Kier alpha value is -4.49. The largest absolute Gasteiger partial charge is 0.493 e. The number of rotatable bonds is 6. The van der Waals surface area contributed by atoms with E-state index in [1.807, 2.05) is 80.8 Å². The lowest BCUT2D eigenvalue weighted by atomic mass is 9.94. The average molecular weight is 565 g/mol. The quantitative estimate of drug-likeness (QED) is 0.226. The molecule has 2 aromatic heterocycles. The van der Waals surface area contributed by atoms with E-state index >= 15 is 0 Å². The summed E-state index contributed by atoms with van der Waals surface area (Å²) in [4.78, 5) is 17.7. The van der Waals surface area contributed by atoms with Crippen molar-refractivity contribution in [1.82, 2.24) is 9.38 Å². The summed E-state index contributed by atoms with van der Waals surface area (Å²) in [6.07, 6.45) is 2.57. The molecular weight excluding hydrogens is 531 g/mol. The molecule has 5 aromatic rings. The maximum Gasteiger partial charge on any atom is 0.337 e. The summed E-state index contributed by atoms with van der Waals surface area (Å²) in [5.74, 6) is -0.472. The number of halogens is 1. The van der Waals surface area contributed by atoms with Crippen LogP contribution in [0.25, 0.3) is 39.3 Å². The Bertz CT molecular complexity index is 1800. The van der Waals surface area contributed by atoms with Crippen molar-refractivity contribution in [2.45, 2.75) is 52.2 Å². The van der Waals surface area contributed by atoms with E-state index in [4.69, 9.17) is 14.5 Å². The number of ether oxygens (including phenoxy) is 2. The summed E-state index contributed by atoms with van der Waals surface area (Å²) < 4.78 is 27.5. The van der Waals surface area contributed by atoms with Crippen LogP contribution in [0.15, 0.2) is 79.0 Å². The van der Waals surface area contributed by atoms with Crippen LogP contribution in [0.5, 0.6) is 5.75 Å². The van der Waals surface area contributed by atoms with Gasteiger partial charge in [-0.2, -0.15) is 0 Å². The number of fused-ring (bicyclic) bond motifs is 2. The number of aryl methyl sites for hydroxylation is 2. The van der Waals surface area contributed by atoms with Gasteiger partial charge in [-0.3, -0.25) is 4.40 Å². The molecule has 1 N–H and O–H groups in total. The molecule has 3 aromatic carbocycles. The monoisotopic (exact) mass is 564 g/mol. The van der Waals surface area contributed by atoms with Crippen molar-refractivity contribution in [1.29, 1.82) is 0 Å². The highest BCUT2D eigenvalue weighted by Gasteiger charge is 2.32. The summed E-state index contributed by atoms with van der Waals surface area (Å²) in [5.41, 5.74) is 7.54. The van der Waals surface area contributed by atoms with Crippen LogP contribution >= 0.6 is 0 Å². The summed E-state index contributed by atoms with van der Waals surface area (Å²) in [6.45, 7) is 8.17. The molecule has 42 heavy (non-hydrogen) atoms. The van der Waals surface area contributed by atoms with Gasteiger partial charge in [0, 0.05) is 17.3 Å². The van der Waals surface area contributed by atoms with Crippen LogP contribution in [0, 0.1) is 12.7 Å². The zero-order valence-electron chi connectivity index (χ0n) is 24.1. The number of hydrogen-bond acceptors (Lipinski definition) is 4. The van der Waals surface area contributed by atoms with Gasteiger partial charge in [-0.1, -0.05) is 30.3 Å². The van der Waals surface area contributed by atoms with Crippen LogP contribution in [0.4, 0.5) is 4.39 Å². The van der Waals surface area contributed by atoms with E-state index in [1.165, 1.54) is 12.1 Å². The van der Waals surface area contributed by atoms with Gasteiger partial charge < -0.3 is 14.6 Å². The predicted octanol–water partition coefficient (Wildman–Crippen LogP) is 8.05. The van der Waals surface area contributed by atoms with Gasteiger partial charge in [-0.05, 0) is 111 Å². The molecule has 6 rings (SSSR count). The van der Waals surface area contributed by atoms with Crippen molar-refractivity contribution in [3.05, 3.63) is 102 Å². The topological polar surface area (TPSA) is 73.1 Å². The van der Waals surface area contributed by atoms with E-state index in [2.05, 4.69) is 6.07 Å². The number of carboxylic acids is 1. The number of aromatic nitrogens is 2. The Morgan fingerprint density at radius 2 is 1.74 bits per heavy atom. The van der Waals surface area contributed by atoms with E-state index < -0.39 is 17.7 Å². The standard InChI is InChI=1S/C35H33FN2O4/c1-21-17-30-37-28(24-8-5-7-23(18-24)22-10-13-27(36)14-11-22)20-38(30)32(31(21)33(34(39)40)42-35(2,3)4)26-12-15-29-25(19-26)9-6-16-41-29/h5,7-8,10-15,17-20,33H,6,9,16H2,1-4H3,(H,39,40). The third kappa shape index (κ3) is 5.40. The normalized spacial score (nSPS) is 13.9. The first-order chi connectivity index (χ1) is 20.1. The number of imidazole rings is 1. The summed E-state index contributed by atoms with van der Waals surface area (Å²) in [6, 6.07) is 22.3. The second-order valence-corrected chi connectivity index (χ2v) is 11.8. The van der Waals surface area contributed by atoms with Crippen LogP contribution < -0.4 is 4.74 Å². The van der Waals surface area contributed by atoms with Crippen LogP contribution in [0.1, 0.15) is 50.0 Å². The minimum absolute atomic E-state index is 0.280. The van der Waals surface area contributed by atoms with Crippen molar-refractivity contribution in [2.24, 2.45) is 0 Å². The number of benzene rings is 3. The molecule has 0 aliphatic carbocycles. The molecule has 0 saturated carbocycles. The lowest BCUT2D eigenvalue weighted by Gasteiger charge is -2.28. The van der Waals surface area contributed by atoms with E-state index in [0.29, 0.717) is 17.8 Å². The molecule has 0 bridgehead atoms. The first-order valence-electron chi connectivity index (χ1n) is 14.1. The summed E-state index contributed by atoms with van der Waals surface area (Å²) in [7, 11) is 0. The highest BCUT2D eigenvalue weighted by atomic mass is 19.1. The minimum atomic E-state index is -1.19. The lowest BCUT2D eigenvalue weighted by Crippen LogP contribution is -2.28. The van der Waals surface area contributed by atoms with Crippen molar-refractivity contribution in [3.8, 4) is 39.4 Å². The Kier molecular flexibility index (Phi) is 7.07. The van der Waals surface area contributed by atoms with Crippen LogP contribution in [-0.4, -0.2) is 32.7 Å². The highest BCUT2D eigenvalue weighted by Crippen LogP contribution is 2.39. The second kappa shape index (κ2) is 10.7. The number of pyridine rings is 1. The fourth-order valence-electron chi connectivity index (χ4n) is 5.62. The van der Waals surface area contributed by atoms with E-state index in [0.717, 1.165) is 63.4 Å².